The third kappa shape index (κ3) is 2.25. The zero-order valence-electron chi connectivity index (χ0n) is 8.15. The molecule has 0 spiro atoms. The Hall–Kier alpha value is -1.61. The minimum absolute atomic E-state index is 0.0395. The number of halogens is 1. The number of allylic oxidation sites excluding steroid dienone is 2. The maximum Gasteiger partial charge on any atom is 0.123 e. The average Bonchev–Trinajstić information content (AvgIpc) is 2.29. The Labute approximate surface area is 87.7 Å². The highest BCUT2D eigenvalue weighted by Gasteiger charge is 2.07. The SMILES string of the molecule is OCC1C=CC(c2cccc(F)c2)=CN1. The highest BCUT2D eigenvalue weighted by molar-refractivity contribution is 5.74. The van der Waals surface area contributed by atoms with Gasteiger partial charge in [0, 0.05) is 6.20 Å². The highest BCUT2D eigenvalue weighted by atomic mass is 19.1. The molecule has 0 aromatic heterocycles. The first-order valence-corrected chi connectivity index (χ1v) is 4.81. The lowest BCUT2D eigenvalue weighted by Gasteiger charge is -2.16. The van der Waals surface area contributed by atoms with Crippen LogP contribution in [0.25, 0.3) is 5.57 Å². The van der Waals surface area contributed by atoms with E-state index in [2.05, 4.69) is 5.32 Å². The molecule has 0 amide bonds. The summed E-state index contributed by atoms with van der Waals surface area (Å²) in [7, 11) is 0. The molecule has 0 saturated carbocycles. The molecule has 3 heteroatoms. The largest absolute Gasteiger partial charge is 0.394 e. The van der Waals surface area contributed by atoms with Gasteiger partial charge in [-0.3, -0.25) is 0 Å². The van der Waals surface area contributed by atoms with E-state index in [-0.39, 0.29) is 18.5 Å². The molecule has 1 aliphatic heterocycles. The highest BCUT2D eigenvalue weighted by Crippen LogP contribution is 2.18. The molecule has 1 aliphatic rings. The summed E-state index contributed by atoms with van der Waals surface area (Å²) in [4.78, 5) is 0. The molecule has 2 nitrogen and oxygen atoms in total. The van der Waals surface area contributed by atoms with Gasteiger partial charge in [-0.25, -0.2) is 4.39 Å². The van der Waals surface area contributed by atoms with E-state index in [0.717, 1.165) is 11.1 Å². The fourth-order valence-corrected chi connectivity index (χ4v) is 1.48. The maximum atomic E-state index is 13.0. The molecule has 1 aromatic carbocycles. The van der Waals surface area contributed by atoms with Gasteiger partial charge in [0.25, 0.3) is 0 Å². The number of aliphatic hydroxyl groups is 1. The van der Waals surface area contributed by atoms with E-state index >= 15 is 0 Å². The Morgan fingerprint density at radius 2 is 2.27 bits per heavy atom. The Kier molecular flexibility index (Phi) is 2.83. The first-order chi connectivity index (χ1) is 7.29. The van der Waals surface area contributed by atoms with Gasteiger partial charge in [0.1, 0.15) is 5.82 Å². The smallest absolute Gasteiger partial charge is 0.123 e. The van der Waals surface area contributed by atoms with Crippen molar-refractivity contribution in [3.8, 4) is 0 Å². The molecule has 0 saturated heterocycles. The van der Waals surface area contributed by atoms with E-state index in [4.69, 9.17) is 5.11 Å². The van der Waals surface area contributed by atoms with Gasteiger partial charge in [-0.1, -0.05) is 24.3 Å². The zero-order valence-corrected chi connectivity index (χ0v) is 8.15. The van der Waals surface area contributed by atoms with Gasteiger partial charge in [0.2, 0.25) is 0 Å². The van der Waals surface area contributed by atoms with E-state index in [0.29, 0.717) is 0 Å². The van der Waals surface area contributed by atoms with Crippen LogP contribution in [0.15, 0.2) is 42.6 Å². The van der Waals surface area contributed by atoms with Crippen molar-refractivity contribution in [3.63, 3.8) is 0 Å². The maximum absolute atomic E-state index is 13.0. The van der Waals surface area contributed by atoms with Crippen molar-refractivity contribution in [1.82, 2.24) is 5.32 Å². The first kappa shape index (κ1) is 9.93. The number of nitrogens with one attached hydrogen (secondary N) is 1. The number of aliphatic hydroxyl groups excluding tert-OH is 1. The lowest BCUT2D eigenvalue weighted by molar-refractivity contribution is 0.272. The summed E-state index contributed by atoms with van der Waals surface area (Å²) >= 11 is 0. The molecule has 1 unspecified atom stereocenters. The van der Waals surface area contributed by atoms with Crippen LogP contribution in [0.3, 0.4) is 0 Å². The number of hydrogen-bond acceptors (Lipinski definition) is 2. The minimum atomic E-state index is -0.244. The summed E-state index contributed by atoms with van der Waals surface area (Å²) in [6.45, 7) is 0.0590. The molecule has 0 bridgehead atoms. The fourth-order valence-electron chi connectivity index (χ4n) is 1.48. The van der Waals surface area contributed by atoms with Gasteiger partial charge < -0.3 is 10.4 Å². The fraction of sp³-hybridized carbons (Fsp3) is 0.167. The van der Waals surface area contributed by atoms with Crippen molar-refractivity contribution in [2.45, 2.75) is 6.04 Å². The van der Waals surface area contributed by atoms with Crippen LogP contribution in [0.1, 0.15) is 5.56 Å². The molecule has 0 aliphatic carbocycles. The van der Waals surface area contributed by atoms with Crippen molar-refractivity contribution < 1.29 is 9.50 Å². The molecule has 1 aromatic rings. The Morgan fingerprint density at radius 3 is 2.87 bits per heavy atom. The molecule has 0 fully saturated rings. The van der Waals surface area contributed by atoms with Gasteiger partial charge in [0.05, 0.1) is 12.6 Å². The van der Waals surface area contributed by atoms with E-state index in [1.165, 1.54) is 12.1 Å². The second kappa shape index (κ2) is 4.28. The third-order valence-corrected chi connectivity index (χ3v) is 2.32. The summed E-state index contributed by atoms with van der Waals surface area (Å²) in [5, 5.41) is 11.9. The lowest BCUT2D eigenvalue weighted by atomic mass is 10.0. The summed E-state index contributed by atoms with van der Waals surface area (Å²) < 4.78 is 13.0. The molecule has 1 atom stereocenters. The standard InChI is InChI=1S/C12H12FNO/c13-11-3-1-2-9(6-11)10-4-5-12(8-15)14-7-10/h1-7,12,14-15H,8H2. The van der Waals surface area contributed by atoms with E-state index < -0.39 is 0 Å². The molecular weight excluding hydrogens is 193 g/mol. The minimum Gasteiger partial charge on any atom is -0.394 e. The predicted molar refractivity (Wildman–Crippen MR) is 57.5 cm³/mol. The van der Waals surface area contributed by atoms with Crippen molar-refractivity contribution >= 4 is 5.57 Å². The second-order valence-electron chi connectivity index (χ2n) is 3.42. The van der Waals surface area contributed by atoms with Gasteiger partial charge in [0.15, 0.2) is 0 Å². The van der Waals surface area contributed by atoms with Crippen molar-refractivity contribution in [2.75, 3.05) is 6.61 Å². The number of hydrogen-bond donors (Lipinski definition) is 2. The van der Waals surface area contributed by atoms with E-state index in [9.17, 15) is 4.39 Å². The molecule has 0 radical (unpaired) electrons. The van der Waals surface area contributed by atoms with Crippen LogP contribution in [0, 0.1) is 5.82 Å². The lowest BCUT2D eigenvalue weighted by Crippen LogP contribution is -2.27. The monoisotopic (exact) mass is 205 g/mol. The Bertz CT molecular complexity index is 412. The van der Waals surface area contributed by atoms with Crippen molar-refractivity contribution in [3.05, 3.63) is 54.0 Å². The second-order valence-corrected chi connectivity index (χ2v) is 3.42. The van der Waals surface area contributed by atoms with Crippen LogP contribution < -0.4 is 5.32 Å². The van der Waals surface area contributed by atoms with Crippen molar-refractivity contribution in [2.24, 2.45) is 0 Å². The van der Waals surface area contributed by atoms with Crippen LogP contribution in [-0.4, -0.2) is 17.8 Å². The molecule has 1 heterocycles. The number of rotatable bonds is 2. The summed E-state index contributed by atoms with van der Waals surface area (Å²) in [5.74, 6) is -0.244. The van der Waals surface area contributed by atoms with Gasteiger partial charge in [-0.05, 0) is 23.3 Å². The van der Waals surface area contributed by atoms with Crippen LogP contribution >= 0.6 is 0 Å². The summed E-state index contributed by atoms with van der Waals surface area (Å²) in [5.41, 5.74) is 1.74. The first-order valence-electron chi connectivity index (χ1n) is 4.81. The molecule has 2 N–H and O–H groups in total. The Morgan fingerprint density at radius 1 is 1.40 bits per heavy atom. The van der Waals surface area contributed by atoms with E-state index in [1.807, 2.05) is 18.2 Å². The van der Waals surface area contributed by atoms with E-state index in [1.54, 1.807) is 12.3 Å². The zero-order chi connectivity index (χ0) is 10.7. The predicted octanol–water partition coefficient (Wildman–Crippen LogP) is 1.69. The number of benzene rings is 1. The van der Waals surface area contributed by atoms with Crippen molar-refractivity contribution in [1.29, 1.82) is 0 Å². The molecule has 78 valence electrons. The van der Waals surface area contributed by atoms with Crippen LogP contribution in [0.2, 0.25) is 0 Å². The topological polar surface area (TPSA) is 32.3 Å². The van der Waals surface area contributed by atoms with Crippen LogP contribution in [-0.2, 0) is 0 Å². The number of dihydropyridines is 1. The van der Waals surface area contributed by atoms with Gasteiger partial charge in [-0.15, -0.1) is 0 Å². The van der Waals surface area contributed by atoms with Crippen LogP contribution in [0.4, 0.5) is 4.39 Å². The normalized spacial score (nSPS) is 19.6. The molecular formula is C12H12FNO. The average molecular weight is 205 g/mol. The van der Waals surface area contributed by atoms with Crippen LogP contribution in [0.5, 0.6) is 0 Å². The summed E-state index contributed by atoms with van der Waals surface area (Å²) in [6.07, 6.45) is 5.53. The molecule has 15 heavy (non-hydrogen) atoms. The third-order valence-electron chi connectivity index (χ3n) is 2.32. The summed E-state index contributed by atoms with van der Waals surface area (Å²) in [6, 6.07) is 6.39. The van der Waals surface area contributed by atoms with Gasteiger partial charge >= 0.3 is 0 Å². The van der Waals surface area contributed by atoms with Gasteiger partial charge in [-0.2, -0.15) is 0 Å². The quantitative estimate of drug-likeness (QED) is 0.770. The molecule has 2 rings (SSSR count). The Balaban J connectivity index is 2.20.